The van der Waals surface area contributed by atoms with Gasteiger partial charge in [-0.1, -0.05) is 15.9 Å². The average Bonchev–Trinajstić information content (AvgIpc) is 2.35. The van der Waals surface area contributed by atoms with Gasteiger partial charge in [-0.3, -0.25) is 4.79 Å². The Labute approximate surface area is 136 Å². The molecule has 4 atom stereocenters. The minimum atomic E-state index is 0.334. The number of piperazine rings is 1. The predicted octanol–water partition coefficient (Wildman–Crippen LogP) is 1.47. The van der Waals surface area contributed by atoms with Crippen molar-refractivity contribution < 1.29 is 9.69 Å². The maximum Gasteiger partial charge on any atom is 0.223 e. The molecule has 21 heavy (non-hydrogen) atoms. The van der Waals surface area contributed by atoms with Crippen molar-refractivity contribution in [2.75, 3.05) is 33.2 Å². The van der Waals surface area contributed by atoms with Crippen molar-refractivity contribution in [2.24, 2.45) is 17.3 Å². The third-order valence-corrected chi connectivity index (χ3v) is 7.53. The molecule has 4 bridgehead atoms. The van der Waals surface area contributed by atoms with Crippen LogP contribution in [0.5, 0.6) is 0 Å². The zero-order chi connectivity index (χ0) is 14.7. The molecular weight excluding hydrogens is 328 g/mol. The van der Waals surface area contributed by atoms with E-state index in [2.05, 4.69) is 27.9 Å². The molecule has 0 aromatic rings. The van der Waals surface area contributed by atoms with E-state index in [1.807, 2.05) is 0 Å². The van der Waals surface area contributed by atoms with E-state index in [4.69, 9.17) is 0 Å². The highest BCUT2D eigenvalue weighted by atomic mass is 79.9. The second-order valence-corrected chi connectivity index (χ2v) is 10.3. The topological polar surface area (TPSA) is 24.8 Å². The molecule has 4 heteroatoms. The van der Waals surface area contributed by atoms with E-state index in [0.29, 0.717) is 15.6 Å². The van der Waals surface area contributed by atoms with Gasteiger partial charge in [0.05, 0.1) is 33.2 Å². The van der Waals surface area contributed by atoms with Gasteiger partial charge in [0.15, 0.2) is 0 Å². The van der Waals surface area contributed by atoms with E-state index in [1.165, 1.54) is 38.5 Å². The number of alkyl halides is 1. The highest BCUT2D eigenvalue weighted by Crippen LogP contribution is 2.65. The van der Waals surface area contributed by atoms with Gasteiger partial charge in [0.1, 0.15) is 0 Å². The van der Waals surface area contributed by atoms with Crippen molar-refractivity contribution >= 4 is 21.8 Å². The zero-order valence-corrected chi connectivity index (χ0v) is 14.8. The number of hydrogen-bond acceptors (Lipinski definition) is 1. The van der Waals surface area contributed by atoms with Gasteiger partial charge < -0.3 is 9.80 Å². The Morgan fingerprint density at radius 2 is 1.81 bits per heavy atom. The second kappa shape index (κ2) is 4.95. The van der Waals surface area contributed by atoms with Crippen molar-refractivity contribution in [1.82, 2.24) is 4.90 Å². The molecule has 0 aromatic carbocycles. The van der Waals surface area contributed by atoms with Gasteiger partial charge in [0.2, 0.25) is 5.91 Å². The Morgan fingerprint density at radius 1 is 1.19 bits per heavy atom. The highest BCUT2D eigenvalue weighted by Gasteiger charge is 2.57. The first-order chi connectivity index (χ1) is 9.95. The van der Waals surface area contributed by atoms with Gasteiger partial charge in [0.25, 0.3) is 0 Å². The summed E-state index contributed by atoms with van der Waals surface area (Å²) in [4.78, 5) is 16.5. The third kappa shape index (κ3) is 2.67. The molecule has 5 aliphatic rings. The molecule has 3 nitrogen and oxygen atoms in total. The summed E-state index contributed by atoms with van der Waals surface area (Å²) in [5.41, 5.74) is 0.334. The van der Waals surface area contributed by atoms with Gasteiger partial charge in [-0.2, -0.15) is 0 Å². The summed E-state index contributed by atoms with van der Waals surface area (Å²) in [5.74, 6) is 2.21. The number of carbonyl (C=O) groups excluding carboxylic acids is 1. The quantitative estimate of drug-likeness (QED) is 0.745. The largest absolute Gasteiger partial charge is 0.334 e. The maximum absolute atomic E-state index is 12.8. The van der Waals surface area contributed by atoms with Crippen LogP contribution >= 0.6 is 15.9 Å². The monoisotopic (exact) mass is 355 g/mol. The molecule has 4 saturated carbocycles. The summed E-state index contributed by atoms with van der Waals surface area (Å²) in [6.07, 6.45) is 8.86. The van der Waals surface area contributed by atoms with E-state index in [0.717, 1.165) is 44.4 Å². The standard InChI is InChI=1S/C17H27BrN2O/c1-19-2-4-20(5-3-19)15(21)11-16-7-13-6-14(8-16)10-17(18,9-13)12-16/h13-14H,2-12H2,1H3/p+1/t13-,14+,16?,17?. The minimum Gasteiger partial charge on any atom is -0.334 e. The fourth-order valence-electron chi connectivity index (χ4n) is 6.11. The van der Waals surface area contributed by atoms with Crippen LogP contribution < -0.4 is 4.90 Å². The van der Waals surface area contributed by atoms with E-state index in [1.54, 1.807) is 4.90 Å². The fourth-order valence-corrected chi connectivity index (χ4v) is 7.62. The van der Waals surface area contributed by atoms with E-state index >= 15 is 0 Å². The van der Waals surface area contributed by atoms with E-state index in [-0.39, 0.29) is 0 Å². The SMILES string of the molecule is C[NH+]1CCN(C(=O)CC23C[C@@H]4C[C@@H](CC(Br)(C4)C2)C3)CC1. The summed E-state index contributed by atoms with van der Waals surface area (Å²) in [6, 6.07) is 0. The summed E-state index contributed by atoms with van der Waals surface area (Å²) in [5, 5.41) is 0. The highest BCUT2D eigenvalue weighted by molar-refractivity contribution is 9.10. The predicted molar refractivity (Wildman–Crippen MR) is 86.6 cm³/mol. The lowest BCUT2D eigenvalue weighted by Crippen LogP contribution is -3.12. The molecule has 118 valence electrons. The lowest BCUT2D eigenvalue weighted by atomic mass is 9.48. The number of nitrogens with one attached hydrogen (secondary N) is 1. The van der Waals surface area contributed by atoms with Crippen molar-refractivity contribution in [3.8, 4) is 0 Å². The van der Waals surface area contributed by atoms with Crippen LogP contribution in [0.3, 0.4) is 0 Å². The van der Waals surface area contributed by atoms with Crippen LogP contribution in [0.25, 0.3) is 0 Å². The number of likely N-dealkylation sites (N-methyl/N-ethyl adjacent to an activating group) is 1. The Balaban J connectivity index is 1.45. The molecular formula is C17H28BrN2O+. The molecule has 1 heterocycles. The number of amides is 1. The molecule has 0 aromatic heterocycles. The molecule has 5 rings (SSSR count). The van der Waals surface area contributed by atoms with Crippen LogP contribution in [-0.2, 0) is 4.79 Å². The first kappa shape index (κ1) is 14.5. The van der Waals surface area contributed by atoms with Crippen LogP contribution in [0.2, 0.25) is 0 Å². The molecule has 1 N–H and O–H groups in total. The van der Waals surface area contributed by atoms with Gasteiger partial charge in [-0.15, -0.1) is 0 Å². The second-order valence-electron chi connectivity index (χ2n) is 8.63. The number of hydrogen-bond donors (Lipinski definition) is 1. The lowest BCUT2D eigenvalue weighted by molar-refractivity contribution is -0.883. The average molecular weight is 356 g/mol. The normalized spacial score (nSPS) is 46.1. The van der Waals surface area contributed by atoms with Crippen molar-refractivity contribution in [3.05, 3.63) is 0 Å². The fraction of sp³-hybridized carbons (Fsp3) is 0.941. The molecule has 0 spiro atoms. The van der Waals surface area contributed by atoms with E-state index in [9.17, 15) is 4.79 Å². The molecule has 1 amide bonds. The van der Waals surface area contributed by atoms with E-state index < -0.39 is 0 Å². The van der Waals surface area contributed by atoms with Gasteiger partial charge in [-0.05, 0) is 55.8 Å². The Hall–Kier alpha value is -0.0900. The summed E-state index contributed by atoms with van der Waals surface area (Å²) < 4.78 is 0.379. The minimum absolute atomic E-state index is 0.334. The van der Waals surface area contributed by atoms with Gasteiger partial charge in [-0.25, -0.2) is 0 Å². The Kier molecular flexibility index (Phi) is 3.42. The lowest BCUT2D eigenvalue weighted by Gasteiger charge is -2.60. The van der Waals surface area contributed by atoms with Crippen LogP contribution in [0.15, 0.2) is 0 Å². The Morgan fingerprint density at radius 3 is 2.38 bits per heavy atom. The van der Waals surface area contributed by atoms with Crippen LogP contribution in [0.4, 0.5) is 0 Å². The molecule has 0 radical (unpaired) electrons. The number of quaternary nitrogens is 1. The zero-order valence-electron chi connectivity index (χ0n) is 13.2. The first-order valence-electron chi connectivity index (χ1n) is 8.73. The summed E-state index contributed by atoms with van der Waals surface area (Å²) >= 11 is 4.06. The molecule has 1 saturated heterocycles. The number of nitrogens with zero attached hydrogens (tertiary/aromatic N) is 1. The molecule has 1 aliphatic heterocycles. The first-order valence-corrected chi connectivity index (χ1v) is 9.53. The van der Waals surface area contributed by atoms with Crippen molar-refractivity contribution in [3.63, 3.8) is 0 Å². The molecule has 2 unspecified atom stereocenters. The van der Waals surface area contributed by atoms with Crippen LogP contribution in [0, 0.1) is 17.3 Å². The summed E-state index contributed by atoms with van der Waals surface area (Å²) in [7, 11) is 2.23. The number of halogens is 1. The molecule has 5 fully saturated rings. The molecule has 4 aliphatic carbocycles. The van der Waals surface area contributed by atoms with Crippen molar-refractivity contribution in [1.29, 1.82) is 0 Å². The van der Waals surface area contributed by atoms with Crippen molar-refractivity contribution in [2.45, 2.75) is 49.3 Å². The Bertz CT molecular complexity index is 430. The maximum atomic E-state index is 12.8. The van der Waals surface area contributed by atoms with Crippen LogP contribution in [0.1, 0.15) is 44.9 Å². The smallest absolute Gasteiger partial charge is 0.223 e. The van der Waals surface area contributed by atoms with Gasteiger partial charge >= 0.3 is 0 Å². The summed E-state index contributed by atoms with van der Waals surface area (Å²) in [6.45, 7) is 4.17. The van der Waals surface area contributed by atoms with Crippen LogP contribution in [-0.4, -0.2) is 48.4 Å². The third-order valence-electron chi connectivity index (χ3n) is 6.61. The number of carbonyl (C=O) groups is 1. The number of rotatable bonds is 2. The van der Waals surface area contributed by atoms with Gasteiger partial charge in [0, 0.05) is 10.7 Å².